The Bertz CT molecular complexity index is 875. The van der Waals surface area contributed by atoms with Crippen LogP contribution < -0.4 is 14.8 Å². The first-order chi connectivity index (χ1) is 13.6. The molecule has 1 aromatic heterocycles. The average molecular weight is 402 g/mol. The second-order valence-electron chi connectivity index (χ2n) is 6.97. The van der Waals surface area contributed by atoms with Crippen LogP contribution in [-0.4, -0.2) is 29.2 Å². The fourth-order valence-electron chi connectivity index (χ4n) is 3.05. The Balaban J connectivity index is 1.52. The lowest BCUT2D eigenvalue weighted by atomic mass is 10.2. The van der Waals surface area contributed by atoms with Gasteiger partial charge in [-0.3, -0.25) is 0 Å². The Hall–Kier alpha value is -2.24. The molecule has 3 rings (SSSR count). The number of rotatable bonds is 10. The molecule has 2 aromatic carbocycles. The number of ether oxygens (including phenoxy) is 2. The monoisotopic (exact) mass is 401 g/mol. The minimum absolute atomic E-state index is 0.0671. The number of aromatic amines is 1. The van der Waals surface area contributed by atoms with Crippen LogP contribution >= 0.6 is 11.6 Å². The smallest absolute Gasteiger partial charge is 0.163 e. The highest BCUT2D eigenvalue weighted by Gasteiger charge is 2.12. The number of imidazole rings is 1. The first-order valence-electron chi connectivity index (χ1n) is 9.83. The molecular formula is C22H28ClN3O2. The van der Waals surface area contributed by atoms with Gasteiger partial charge in [-0.15, -0.1) is 0 Å². The molecule has 5 nitrogen and oxygen atoms in total. The van der Waals surface area contributed by atoms with Gasteiger partial charge in [0.1, 0.15) is 5.82 Å². The fourth-order valence-corrected chi connectivity index (χ4v) is 3.28. The van der Waals surface area contributed by atoms with E-state index in [0.29, 0.717) is 23.9 Å². The highest BCUT2D eigenvalue weighted by atomic mass is 35.5. The summed E-state index contributed by atoms with van der Waals surface area (Å²) in [6.45, 7) is 8.08. The molecule has 0 atom stereocenters. The molecule has 0 radical (unpaired) electrons. The molecule has 28 heavy (non-hydrogen) atoms. The second-order valence-corrected chi connectivity index (χ2v) is 7.38. The fraction of sp³-hybridized carbons (Fsp3) is 0.409. The van der Waals surface area contributed by atoms with Crippen molar-refractivity contribution in [2.75, 3.05) is 13.2 Å². The van der Waals surface area contributed by atoms with Crippen LogP contribution in [-0.2, 0) is 13.0 Å². The maximum atomic E-state index is 6.45. The standard InChI is InChI=1S/C22H28ClN3O2/c1-4-27-20-12-16(17(23)13-21(20)28-15(2)3)14-24-11-7-10-22-25-18-8-5-6-9-19(18)26-22/h5-6,8-9,12-13,15,24H,4,7,10-11,14H2,1-3H3,(H,25,26). The van der Waals surface area contributed by atoms with Gasteiger partial charge in [0.25, 0.3) is 0 Å². The van der Waals surface area contributed by atoms with Gasteiger partial charge in [0, 0.05) is 24.1 Å². The quantitative estimate of drug-likeness (QED) is 0.462. The molecule has 2 N–H and O–H groups in total. The number of benzene rings is 2. The molecule has 3 aromatic rings. The van der Waals surface area contributed by atoms with Crippen molar-refractivity contribution >= 4 is 22.6 Å². The summed E-state index contributed by atoms with van der Waals surface area (Å²) in [4.78, 5) is 7.98. The average Bonchev–Trinajstić information content (AvgIpc) is 3.07. The lowest BCUT2D eigenvalue weighted by Crippen LogP contribution is -2.16. The van der Waals surface area contributed by atoms with E-state index in [1.807, 2.05) is 51.1 Å². The number of aromatic nitrogens is 2. The highest BCUT2D eigenvalue weighted by Crippen LogP contribution is 2.34. The third kappa shape index (κ3) is 5.40. The van der Waals surface area contributed by atoms with Crippen molar-refractivity contribution in [2.24, 2.45) is 0 Å². The zero-order valence-electron chi connectivity index (χ0n) is 16.7. The van der Waals surface area contributed by atoms with E-state index in [0.717, 1.165) is 47.6 Å². The molecule has 0 bridgehead atoms. The van der Waals surface area contributed by atoms with Crippen molar-refractivity contribution in [3.63, 3.8) is 0 Å². The lowest BCUT2D eigenvalue weighted by Gasteiger charge is -2.17. The maximum Gasteiger partial charge on any atom is 0.163 e. The van der Waals surface area contributed by atoms with Crippen molar-refractivity contribution in [1.29, 1.82) is 0 Å². The molecule has 0 aliphatic heterocycles. The van der Waals surface area contributed by atoms with Crippen molar-refractivity contribution in [3.8, 4) is 11.5 Å². The van der Waals surface area contributed by atoms with Gasteiger partial charge in [-0.1, -0.05) is 23.7 Å². The van der Waals surface area contributed by atoms with Crippen molar-refractivity contribution in [1.82, 2.24) is 15.3 Å². The minimum atomic E-state index is 0.0671. The van der Waals surface area contributed by atoms with Gasteiger partial charge in [0.15, 0.2) is 11.5 Å². The lowest BCUT2D eigenvalue weighted by molar-refractivity contribution is 0.223. The summed E-state index contributed by atoms with van der Waals surface area (Å²) < 4.78 is 11.5. The summed E-state index contributed by atoms with van der Waals surface area (Å²) >= 11 is 6.45. The van der Waals surface area contributed by atoms with Gasteiger partial charge in [-0.2, -0.15) is 0 Å². The van der Waals surface area contributed by atoms with Crippen molar-refractivity contribution in [2.45, 2.75) is 46.3 Å². The molecule has 0 saturated carbocycles. The number of halogens is 1. The summed E-state index contributed by atoms with van der Waals surface area (Å²) in [7, 11) is 0. The zero-order chi connectivity index (χ0) is 19.9. The second kappa shape index (κ2) is 9.80. The normalized spacial score (nSPS) is 11.3. The molecule has 6 heteroatoms. The summed E-state index contributed by atoms with van der Waals surface area (Å²) in [5.41, 5.74) is 3.11. The van der Waals surface area contributed by atoms with Gasteiger partial charge < -0.3 is 19.8 Å². The molecule has 0 unspecified atom stereocenters. The van der Waals surface area contributed by atoms with E-state index in [4.69, 9.17) is 21.1 Å². The molecule has 0 amide bonds. The first kappa shape index (κ1) is 20.5. The van der Waals surface area contributed by atoms with Gasteiger partial charge in [-0.05, 0) is 57.5 Å². The third-order valence-electron chi connectivity index (χ3n) is 4.30. The van der Waals surface area contributed by atoms with Crippen LogP contribution in [0.2, 0.25) is 5.02 Å². The van der Waals surface area contributed by atoms with E-state index >= 15 is 0 Å². The SMILES string of the molecule is CCOc1cc(CNCCCc2nc3ccccc3[nH]2)c(Cl)cc1OC(C)C. The maximum absolute atomic E-state index is 6.45. The van der Waals surface area contributed by atoms with Crippen molar-refractivity contribution in [3.05, 3.63) is 52.8 Å². The number of nitrogens with one attached hydrogen (secondary N) is 2. The summed E-state index contributed by atoms with van der Waals surface area (Å²) in [5, 5.41) is 4.14. The van der Waals surface area contributed by atoms with Crippen LogP contribution in [0.15, 0.2) is 36.4 Å². The molecule has 0 spiro atoms. The number of hydrogen-bond acceptors (Lipinski definition) is 4. The Labute approximate surface area is 171 Å². The third-order valence-corrected chi connectivity index (χ3v) is 4.65. The molecule has 0 aliphatic carbocycles. The molecule has 0 fully saturated rings. The number of H-pyrrole nitrogens is 1. The Kier molecular flexibility index (Phi) is 7.18. The topological polar surface area (TPSA) is 59.2 Å². The molecule has 0 saturated heterocycles. The Morgan fingerprint density at radius 1 is 1.18 bits per heavy atom. The molecule has 1 heterocycles. The van der Waals surface area contributed by atoms with Gasteiger partial charge in [0.05, 0.1) is 23.7 Å². The summed E-state index contributed by atoms with van der Waals surface area (Å²) in [6.07, 6.45) is 1.96. The van der Waals surface area contributed by atoms with E-state index in [9.17, 15) is 0 Å². The van der Waals surface area contributed by atoms with Gasteiger partial charge in [0.2, 0.25) is 0 Å². The van der Waals surface area contributed by atoms with Crippen LogP contribution in [0, 0.1) is 0 Å². The number of fused-ring (bicyclic) bond motifs is 1. The number of hydrogen-bond donors (Lipinski definition) is 2. The molecular weight excluding hydrogens is 374 g/mol. The van der Waals surface area contributed by atoms with E-state index < -0.39 is 0 Å². The van der Waals surface area contributed by atoms with E-state index in [1.54, 1.807) is 0 Å². The largest absolute Gasteiger partial charge is 0.490 e. The molecule has 150 valence electrons. The summed E-state index contributed by atoms with van der Waals surface area (Å²) in [5.74, 6) is 2.45. The van der Waals surface area contributed by atoms with Crippen LogP contribution in [0.3, 0.4) is 0 Å². The highest BCUT2D eigenvalue weighted by molar-refractivity contribution is 6.31. The van der Waals surface area contributed by atoms with E-state index in [2.05, 4.69) is 21.4 Å². The zero-order valence-corrected chi connectivity index (χ0v) is 17.5. The van der Waals surface area contributed by atoms with Crippen LogP contribution in [0.1, 0.15) is 38.6 Å². The number of para-hydroxylation sites is 2. The van der Waals surface area contributed by atoms with Crippen molar-refractivity contribution < 1.29 is 9.47 Å². The Morgan fingerprint density at radius 2 is 2.00 bits per heavy atom. The predicted octanol–water partition coefficient (Wildman–Crippen LogP) is 5.12. The number of nitrogens with zero attached hydrogens (tertiary/aromatic N) is 1. The first-order valence-corrected chi connectivity index (χ1v) is 10.2. The van der Waals surface area contributed by atoms with Crippen LogP contribution in [0.4, 0.5) is 0 Å². The van der Waals surface area contributed by atoms with Crippen LogP contribution in [0.25, 0.3) is 11.0 Å². The minimum Gasteiger partial charge on any atom is -0.490 e. The van der Waals surface area contributed by atoms with E-state index in [1.165, 1.54) is 0 Å². The number of aryl methyl sites for hydroxylation is 1. The van der Waals surface area contributed by atoms with Crippen LogP contribution in [0.5, 0.6) is 11.5 Å². The van der Waals surface area contributed by atoms with Gasteiger partial charge >= 0.3 is 0 Å². The predicted molar refractivity (Wildman–Crippen MR) is 115 cm³/mol. The van der Waals surface area contributed by atoms with Gasteiger partial charge in [-0.25, -0.2) is 4.98 Å². The Morgan fingerprint density at radius 3 is 2.75 bits per heavy atom. The molecule has 0 aliphatic rings. The van der Waals surface area contributed by atoms with E-state index in [-0.39, 0.29) is 6.10 Å². The summed E-state index contributed by atoms with van der Waals surface area (Å²) in [6, 6.07) is 11.9.